The third-order valence-electron chi connectivity index (χ3n) is 4.82. The van der Waals surface area contributed by atoms with Crippen molar-refractivity contribution in [2.75, 3.05) is 6.61 Å². The summed E-state index contributed by atoms with van der Waals surface area (Å²) in [7, 11) is 1.72. The topological polar surface area (TPSA) is 129 Å². The Bertz CT molecular complexity index is 924. The molecule has 11 heteroatoms. The normalized spacial score (nSPS) is 14.7. The van der Waals surface area contributed by atoms with Gasteiger partial charge in [-0.05, 0) is 36.7 Å². The van der Waals surface area contributed by atoms with Crippen molar-refractivity contribution in [3.05, 3.63) is 40.2 Å². The zero-order chi connectivity index (χ0) is 21.5. The van der Waals surface area contributed by atoms with Crippen molar-refractivity contribution in [2.24, 2.45) is 7.05 Å². The molecular formula is C19H23N5O5S. The Kier molecular flexibility index (Phi) is 7.39. The molecular weight excluding hydrogens is 410 g/mol. The number of aromatic nitrogens is 3. The van der Waals surface area contributed by atoms with Gasteiger partial charge in [-0.3, -0.25) is 14.9 Å². The van der Waals surface area contributed by atoms with E-state index in [0.29, 0.717) is 10.1 Å². The van der Waals surface area contributed by atoms with Gasteiger partial charge in [-0.1, -0.05) is 25.7 Å². The molecule has 1 aliphatic rings. The van der Waals surface area contributed by atoms with E-state index < -0.39 is 17.5 Å². The van der Waals surface area contributed by atoms with Gasteiger partial charge >= 0.3 is 5.97 Å². The fourth-order valence-electron chi connectivity index (χ4n) is 3.24. The van der Waals surface area contributed by atoms with Crippen molar-refractivity contribution in [2.45, 2.75) is 54.6 Å². The lowest BCUT2D eigenvalue weighted by Gasteiger charge is -2.16. The van der Waals surface area contributed by atoms with E-state index in [-0.39, 0.29) is 23.2 Å². The molecule has 0 bridgehead atoms. The van der Waals surface area contributed by atoms with Crippen LogP contribution in [0, 0.1) is 10.1 Å². The van der Waals surface area contributed by atoms with Crippen LogP contribution in [0.5, 0.6) is 0 Å². The molecule has 0 radical (unpaired) electrons. The lowest BCUT2D eigenvalue weighted by Crippen LogP contribution is -2.37. The Hall–Kier alpha value is -2.95. The first-order chi connectivity index (χ1) is 14.4. The molecule has 30 heavy (non-hydrogen) atoms. The number of ether oxygens (including phenoxy) is 1. The molecule has 10 nitrogen and oxygen atoms in total. The minimum atomic E-state index is -0.788. The molecule has 1 aromatic heterocycles. The monoisotopic (exact) mass is 433 g/mol. The number of benzene rings is 1. The fourth-order valence-corrected chi connectivity index (χ4v) is 4.09. The van der Waals surface area contributed by atoms with Crippen molar-refractivity contribution in [3.8, 4) is 0 Å². The Morgan fingerprint density at radius 2 is 2.03 bits per heavy atom. The summed E-state index contributed by atoms with van der Waals surface area (Å²) in [4.78, 5) is 35.6. The summed E-state index contributed by atoms with van der Waals surface area (Å²) >= 11 is 1.07. The molecule has 0 aliphatic heterocycles. The lowest BCUT2D eigenvalue weighted by molar-refractivity contribution is -0.387. The highest BCUT2D eigenvalue weighted by Crippen LogP contribution is 2.34. The molecule has 0 atom stereocenters. The predicted molar refractivity (Wildman–Crippen MR) is 108 cm³/mol. The smallest absolute Gasteiger partial charge is 0.338 e. The van der Waals surface area contributed by atoms with Crippen LogP contribution in [-0.4, -0.2) is 44.2 Å². The Morgan fingerprint density at radius 1 is 1.30 bits per heavy atom. The van der Waals surface area contributed by atoms with Gasteiger partial charge in [0.1, 0.15) is 6.33 Å². The van der Waals surface area contributed by atoms with Crippen LogP contribution in [0.3, 0.4) is 0 Å². The Labute approximate surface area is 177 Å². The van der Waals surface area contributed by atoms with Crippen LogP contribution in [0.15, 0.2) is 34.6 Å². The van der Waals surface area contributed by atoms with Gasteiger partial charge in [-0.2, -0.15) is 0 Å². The number of amides is 1. The van der Waals surface area contributed by atoms with Gasteiger partial charge in [0, 0.05) is 19.2 Å². The molecule has 1 aromatic carbocycles. The average molecular weight is 433 g/mol. The summed E-state index contributed by atoms with van der Waals surface area (Å²) in [5.74, 6) is -1.15. The number of nitro benzene ring substituents is 1. The average Bonchev–Trinajstić information content (AvgIpc) is 2.96. The second-order valence-corrected chi connectivity index (χ2v) is 8.11. The number of nitrogens with zero attached hydrogens (tertiary/aromatic N) is 4. The maximum Gasteiger partial charge on any atom is 0.338 e. The summed E-state index contributed by atoms with van der Waals surface area (Å²) < 4.78 is 6.68. The molecule has 160 valence electrons. The first kappa shape index (κ1) is 21.8. The number of esters is 1. The van der Waals surface area contributed by atoms with Gasteiger partial charge in [0.05, 0.1) is 15.4 Å². The first-order valence-electron chi connectivity index (χ1n) is 9.71. The number of hydrogen-bond donors (Lipinski definition) is 1. The summed E-state index contributed by atoms with van der Waals surface area (Å²) in [6, 6.07) is 4.14. The third kappa shape index (κ3) is 5.78. The molecule has 1 aliphatic carbocycles. The second-order valence-electron chi connectivity index (χ2n) is 7.10. The van der Waals surface area contributed by atoms with Crippen molar-refractivity contribution in [1.82, 2.24) is 20.1 Å². The van der Waals surface area contributed by atoms with E-state index in [1.807, 2.05) is 0 Å². The highest BCUT2D eigenvalue weighted by molar-refractivity contribution is 7.99. The number of rotatable bonds is 7. The van der Waals surface area contributed by atoms with Crippen LogP contribution < -0.4 is 5.32 Å². The van der Waals surface area contributed by atoms with Crippen molar-refractivity contribution in [1.29, 1.82) is 0 Å². The molecule has 0 unspecified atom stereocenters. The molecule has 1 heterocycles. The predicted octanol–water partition coefficient (Wildman–Crippen LogP) is 2.87. The summed E-state index contributed by atoms with van der Waals surface area (Å²) in [6.07, 6.45) is 7.84. The molecule has 1 saturated carbocycles. The van der Waals surface area contributed by atoms with Gasteiger partial charge in [0.15, 0.2) is 11.8 Å². The summed E-state index contributed by atoms with van der Waals surface area (Å²) in [6.45, 7) is -0.418. The van der Waals surface area contributed by atoms with Gasteiger partial charge in [0.2, 0.25) is 0 Å². The molecule has 3 rings (SSSR count). The highest BCUT2D eigenvalue weighted by Gasteiger charge is 2.21. The first-order valence-corrected chi connectivity index (χ1v) is 10.5. The minimum absolute atomic E-state index is 0.00582. The van der Waals surface area contributed by atoms with Gasteiger partial charge in [-0.15, -0.1) is 10.2 Å². The number of aryl methyl sites for hydroxylation is 1. The quantitative estimate of drug-likeness (QED) is 0.305. The van der Waals surface area contributed by atoms with E-state index in [1.165, 1.54) is 31.3 Å². The Morgan fingerprint density at radius 3 is 2.67 bits per heavy atom. The maximum atomic E-state index is 12.3. The van der Waals surface area contributed by atoms with Gasteiger partial charge in [0.25, 0.3) is 11.6 Å². The number of carbonyl (C=O) groups is 2. The van der Waals surface area contributed by atoms with Gasteiger partial charge < -0.3 is 14.6 Å². The van der Waals surface area contributed by atoms with Crippen molar-refractivity contribution >= 4 is 29.3 Å². The van der Waals surface area contributed by atoms with E-state index in [9.17, 15) is 19.7 Å². The van der Waals surface area contributed by atoms with E-state index in [1.54, 1.807) is 11.6 Å². The third-order valence-corrected chi connectivity index (χ3v) is 5.93. The molecule has 2 aromatic rings. The van der Waals surface area contributed by atoms with Crippen LogP contribution in [0.25, 0.3) is 0 Å². The number of hydrogen-bond acceptors (Lipinski definition) is 8. The van der Waals surface area contributed by atoms with Crippen molar-refractivity contribution in [3.63, 3.8) is 0 Å². The van der Waals surface area contributed by atoms with E-state index >= 15 is 0 Å². The summed E-state index contributed by atoms with van der Waals surface area (Å²) in [5, 5.41) is 22.5. The standard InChI is InChI=1S/C19H23N5O5S/c1-23-12-20-22-19(23)30-16-9-8-13(10-15(16)24(27)28)18(26)29-11-17(25)21-14-6-4-2-3-5-7-14/h8-10,12,14H,2-7,11H2,1H3,(H,21,25). The molecule has 0 spiro atoms. The van der Waals surface area contributed by atoms with Crippen LogP contribution in [-0.2, 0) is 16.6 Å². The van der Waals surface area contributed by atoms with Crippen LogP contribution in [0.1, 0.15) is 48.9 Å². The second kappa shape index (κ2) is 10.2. The van der Waals surface area contributed by atoms with Crippen LogP contribution in [0.2, 0.25) is 0 Å². The number of nitrogens with one attached hydrogen (secondary N) is 1. The lowest BCUT2D eigenvalue weighted by atomic mass is 10.1. The molecule has 0 saturated heterocycles. The number of nitro groups is 1. The molecule has 1 N–H and O–H groups in total. The highest BCUT2D eigenvalue weighted by atomic mass is 32.2. The fraction of sp³-hybridized carbons (Fsp3) is 0.474. The molecule has 1 amide bonds. The zero-order valence-electron chi connectivity index (χ0n) is 16.6. The number of carbonyl (C=O) groups excluding carboxylic acids is 2. The zero-order valence-corrected chi connectivity index (χ0v) is 17.4. The molecule has 1 fully saturated rings. The van der Waals surface area contributed by atoms with E-state index in [4.69, 9.17) is 4.74 Å². The minimum Gasteiger partial charge on any atom is -0.452 e. The largest absolute Gasteiger partial charge is 0.452 e. The van der Waals surface area contributed by atoms with E-state index in [2.05, 4.69) is 15.5 Å². The summed E-state index contributed by atoms with van der Waals surface area (Å²) in [5.41, 5.74) is -0.244. The SMILES string of the molecule is Cn1cnnc1Sc1ccc(C(=O)OCC(=O)NC2CCCCCC2)cc1[N+](=O)[O-]. The van der Waals surface area contributed by atoms with Crippen molar-refractivity contribution < 1.29 is 19.2 Å². The van der Waals surface area contributed by atoms with Gasteiger partial charge in [-0.25, -0.2) is 4.79 Å². The van der Waals surface area contributed by atoms with Crippen LogP contribution in [0.4, 0.5) is 5.69 Å². The van der Waals surface area contributed by atoms with Crippen LogP contribution >= 0.6 is 11.8 Å². The van der Waals surface area contributed by atoms with E-state index in [0.717, 1.165) is 43.5 Å². The Balaban J connectivity index is 1.61. The maximum absolute atomic E-state index is 12.3.